The third-order valence-electron chi connectivity index (χ3n) is 5.62. The van der Waals surface area contributed by atoms with Crippen molar-refractivity contribution in [1.29, 1.82) is 0 Å². The van der Waals surface area contributed by atoms with Gasteiger partial charge in [-0.15, -0.1) is 5.10 Å². The Bertz CT molecular complexity index is 785. The Balaban J connectivity index is 1.30. The molecule has 7 heteroatoms. The van der Waals surface area contributed by atoms with E-state index in [1.807, 2.05) is 23.2 Å². The van der Waals surface area contributed by atoms with Crippen molar-refractivity contribution in [2.75, 3.05) is 18.4 Å². The SMILES string of the molecule is CC1(C)CCCC(NC(=O)N2CCC(Nc3ccc4nccn4n3)C2)C1. The first-order valence-corrected chi connectivity index (χ1v) is 9.61. The maximum atomic E-state index is 12.6. The highest BCUT2D eigenvalue weighted by molar-refractivity contribution is 5.75. The van der Waals surface area contributed by atoms with Gasteiger partial charge < -0.3 is 15.5 Å². The summed E-state index contributed by atoms with van der Waals surface area (Å²) in [7, 11) is 0. The monoisotopic (exact) mass is 356 g/mol. The molecule has 26 heavy (non-hydrogen) atoms. The summed E-state index contributed by atoms with van der Waals surface area (Å²) in [5.41, 5.74) is 1.17. The summed E-state index contributed by atoms with van der Waals surface area (Å²) >= 11 is 0. The molecule has 2 unspecified atom stereocenters. The molecule has 0 radical (unpaired) electrons. The zero-order valence-electron chi connectivity index (χ0n) is 15.6. The van der Waals surface area contributed by atoms with Gasteiger partial charge in [0.1, 0.15) is 5.82 Å². The van der Waals surface area contributed by atoms with Crippen molar-refractivity contribution in [2.45, 2.75) is 58.0 Å². The topological polar surface area (TPSA) is 74.6 Å². The number of hydrogen-bond donors (Lipinski definition) is 2. The molecule has 2 fully saturated rings. The van der Waals surface area contributed by atoms with Crippen LogP contribution in [0.1, 0.15) is 46.0 Å². The third kappa shape index (κ3) is 3.76. The number of carbonyl (C=O) groups excluding carboxylic acids is 1. The molecule has 1 aliphatic heterocycles. The van der Waals surface area contributed by atoms with Crippen LogP contribution in [0, 0.1) is 5.41 Å². The fraction of sp³-hybridized carbons (Fsp3) is 0.632. The highest BCUT2D eigenvalue weighted by Crippen LogP contribution is 2.35. The Morgan fingerprint density at radius 1 is 1.27 bits per heavy atom. The number of carbonyl (C=O) groups is 1. The van der Waals surface area contributed by atoms with Crippen molar-refractivity contribution in [2.24, 2.45) is 5.41 Å². The van der Waals surface area contributed by atoms with E-state index >= 15 is 0 Å². The van der Waals surface area contributed by atoms with Gasteiger partial charge in [0, 0.05) is 37.6 Å². The van der Waals surface area contributed by atoms with Gasteiger partial charge in [-0.3, -0.25) is 0 Å². The third-order valence-corrected chi connectivity index (χ3v) is 5.62. The number of imidazole rings is 1. The van der Waals surface area contributed by atoms with Crippen LogP contribution in [0.4, 0.5) is 10.6 Å². The van der Waals surface area contributed by atoms with Crippen LogP contribution in [0.2, 0.25) is 0 Å². The van der Waals surface area contributed by atoms with E-state index < -0.39 is 0 Å². The van der Waals surface area contributed by atoms with Gasteiger partial charge in [-0.25, -0.2) is 14.3 Å². The molecule has 2 aromatic rings. The Labute approximate surface area is 154 Å². The molecule has 140 valence electrons. The number of anilines is 1. The zero-order chi connectivity index (χ0) is 18.1. The molecule has 2 amide bonds. The van der Waals surface area contributed by atoms with E-state index in [9.17, 15) is 4.79 Å². The van der Waals surface area contributed by atoms with Crippen LogP contribution in [0.15, 0.2) is 24.5 Å². The molecule has 3 heterocycles. The van der Waals surface area contributed by atoms with Crippen LogP contribution in [0.25, 0.3) is 5.65 Å². The van der Waals surface area contributed by atoms with E-state index in [2.05, 4.69) is 34.6 Å². The van der Waals surface area contributed by atoms with E-state index in [-0.39, 0.29) is 12.1 Å². The summed E-state index contributed by atoms with van der Waals surface area (Å²) in [6.45, 7) is 6.09. The molecule has 2 aromatic heterocycles. The van der Waals surface area contributed by atoms with Gasteiger partial charge in [-0.1, -0.05) is 20.3 Å². The summed E-state index contributed by atoms with van der Waals surface area (Å²) in [4.78, 5) is 18.8. The second-order valence-electron chi connectivity index (χ2n) is 8.43. The van der Waals surface area contributed by atoms with Gasteiger partial charge in [0.2, 0.25) is 0 Å². The van der Waals surface area contributed by atoms with E-state index in [1.54, 1.807) is 10.7 Å². The van der Waals surface area contributed by atoms with Crippen molar-refractivity contribution >= 4 is 17.5 Å². The van der Waals surface area contributed by atoms with Crippen molar-refractivity contribution in [3.8, 4) is 0 Å². The van der Waals surface area contributed by atoms with E-state index in [0.717, 1.165) is 37.3 Å². The van der Waals surface area contributed by atoms with Crippen molar-refractivity contribution in [1.82, 2.24) is 24.8 Å². The molecule has 2 atom stereocenters. The Kier molecular flexibility index (Phi) is 4.46. The average molecular weight is 356 g/mol. The van der Waals surface area contributed by atoms with Crippen molar-refractivity contribution in [3.05, 3.63) is 24.5 Å². The van der Waals surface area contributed by atoms with E-state index in [1.165, 1.54) is 12.8 Å². The minimum atomic E-state index is 0.0787. The van der Waals surface area contributed by atoms with Gasteiger partial charge in [-0.2, -0.15) is 0 Å². The molecular formula is C19H28N6O. The summed E-state index contributed by atoms with van der Waals surface area (Å²) < 4.78 is 1.76. The second kappa shape index (κ2) is 6.78. The zero-order valence-corrected chi connectivity index (χ0v) is 15.6. The number of nitrogens with one attached hydrogen (secondary N) is 2. The molecule has 0 spiro atoms. The van der Waals surface area contributed by atoms with Gasteiger partial charge in [0.05, 0.1) is 0 Å². The predicted octanol–water partition coefficient (Wildman–Crippen LogP) is 2.89. The lowest BCUT2D eigenvalue weighted by atomic mass is 9.75. The Hall–Kier alpha value is -2.31. The van der Waals surface area contributed by atoms with Crippen LogP contribution in [-0.4, -0.2) is 50.7 Å². The summed E-state index contributed by atoms with van der Waals surface area (Å²) in [6.07, 6.45) is 9.13. The van der Waals surface area contributed by atoms with Crippen molar-refractivity contribution in [3.63, 3.8) is 0 Å². The minimum Gasteiger partial charge on any atom is -0.364 e. The maximum absolute atomic E-state index is 12.6. The molecule has 7 nitrogen and oxygen atoms in total. The van der Waals surface area contributed by atoms with Crippen LogP contribution in [0.3, 0.4) is 0 Å². The van der Waals surface area contributed by atoms with Crippen LogP contribution >= 0.6 is 0 Å². The molecule has 2 N–H and O–H groups in total. The van der Waals surface area contributed by atoms with Crippen molar-refractivity contribution < 1.29 is 4.79 Å². The molecule has 0 aromatic carbocycles. The van der Waals surface area contributed by atoms with Gasteiger partial charge >= 0.3 is 6.03 Å². The Morgan fingerprint density at radius 3 is 3.00 bits per heavy atom. The lowest BCUT2D eigenvalue weighted by Crippen LogP contribution is -2.47. The number of nitrogens with zero attached hydrogens (tertiary/aromatic N) is 4. The number of hydrogen-bond acceptors (Lipinski definition) is 4. The summed E-state index contributed by atoms with van der Waals surface area (Å²) in [6, 6.07) is 4.50. The summed E-state index contributed by atoms with van der Waals surface area (Å²) in [5.74, 6) is 0.816. The largest absolute Gasteiger partial charge is 0.364 e. The van der Waals surface area contributed by atoms with Gasteiger partial charge in [0.25, 0.3) is 0 Å². The number of rotatable bonds is 3. The van der Waals surface area contributed by atoms with Crippen LogP contribution < -0.4 is 10.6 Å². The molecule has 2 aliphatic rings. The first-order valence-electron chi connectivity index (χ1n) is 9.61. The highest BCUT2D eigenvalue weighted by Gasteiger charge is 2.32. The molecule has 1 saturated carbocycles. The highest BCUT2D eigenvalue weighted by atomic mass is 16.2. The molecule has 1 saturated heterocycles. The van der Waals surface area contributed by atoms with E-state index in [0.29, 0.717) is 18.0 Å². The first kappa shape index (κ1) is 17.1. The first-order chi connectivity index (χ1) is 12.5. The smallest absolute Gasteiger partial charge is 0.317 e. The van der Waals surface area contributed by atoms with Crippen LogP contribution in [0.5, 0.6) is 0 Å². The van der Waals surface area contributed by atoms with Crippen LogP contribution in [-0.2, 0) is 0 Å². The number of aromatic nitrogens is 3. The molecular weight excluding hydrogens is 328 g/mol. The fourth-order valence-corrected chi connectivity index (χ4v) is 4.25. The average Bonchev–Trinajstić information content (AvgIpc) is 3.22. The number of amides is 2. The Morgan fingerprint density at radius 2 is 2.15 bits per heavy atom. The second-order valence-corrected chi connectivity index (χ2v) is 8.43. The number of fused-ring (bicyclic) bond motifs is 1. The molecule has 4 rings (SSSR count). The quantitative estimate of drug-likeness (QED) is 0.887. The standard InChI is InChI=1S/C19H28N6O/c1-19(2)8-3-4-14(12-19)22-18(26)24-10-7-15(13-24)21-16-5-6-17-20-9-11-25(17)23-16/h5-6,9,11,14-15H,3-4,7-8,10,12-13H2,1-2H3,(H,21,23)(H,22,26). The lowest BCUT2D eigenvalue weighted by molar-refractivity contribution is 0.175. The lowest BCUT2D eigenvalue weighted by Gasteiger charge is -2.36. The summed E-state index contributed by atoms with van der Waals surface area (Å²) in [5, 5.41) is 11.2. The minimum absolute atomic E-state index is 0.0787. The van der Waals surface area contributed by atoms with Gasteiger partial charge in [0.15, 0.2) is 5.65 Å². The number of likely N-dealkylation sites (tertiary alicyclic amines) is 1. The molecule has 1 aliphatic carbocycles. The maximum Gasteiger partial charge on any atom is 0.317 e. The predicted molar refractivity (Wildman–Crippen MR) is 101 cm³/mol. The number of urea groups is 1. The van der Waals surface area contributed by atoms with E-state index in [4.69, 9.17) is 0 Å². The molecule has 0 bridgehead atoms. The van der Waals surface area contributed by atoms with Gasteiger partial charge in [-0.05, 0) is 43.2 Å². The fourth-order valence-electron chi connectivity index (χ4n) is 4.25. The normalized spacial score (nSPS) is 25.4.